The first-order chi connectivity index (χ1) is 20.7. The van der Waals surface area contributed by atoms with Gasteiger partial charge in [-0.2, -0.15) is 0 Å². The predicted molar refractivity (Wildman–Crippen MR) is 159 cm³/mol. The van der Waals surface area contributed by atoms with Crippen LogP contribution in [0.3, 0.4) is 0 Å². The van der Waals surface area contributed by atoms with E-state index in [4.69, 9.17) is 23.7 Å². The highest BCUT2D eigenvalue weighted by Gasteiger charge is 2.49. The Hall–Kier alpha value is -4.01. The summed E-state index contributed by atoms with van der Waals surface area (Å²) in [5.74, 6) is 0.395. The zero-order valence-electron chi connectivity index (χ0n) is 23.7. The fourth-order valence-electron chi connectivity index (χ4n) is 4.96. The third kappa shape index (κ3) is 8.50. The topological polar surface area (TPSA) is 75.3 Å². The minimum absolute atomic E-state index is 0.223. The van der Waals surface area contributed by atoms with Gasteiger partial charge in [0.1, 0.15) is 30.1 Å². The molecule has 218 valence electrons. The van der Waals surface area contributed by atoms with Gasteiger partial charge in [0.25, 0.3) is 0 Å². The van der Waals surface area contributed by atoms with Gasteiger partial charge in [0.2, 0.25) is 12.2 Å². The molecule has 5 rings (SSSR count). The molecule has 42 heavy (non-hydrogen) atoms. The first kappa shape index (κ1) is 29.5. The Labute approximate surface area is 247 Å². The summed E-state index contributed by atoms with van der Waals surface area (Å²) in [6.07, 6.45) is -2.57. The summed E-state index contributed by atoms with van der Waals surface area (Å²) in [4.78, 5) is 12.5. The van der Waals surface area contributed by atoms with Crippen LogP contribution in [0.2, 0.25) is 0 Å². The maximum absolute atomic E-state index is 12.5. The first-order valence-corrected chi connectivity index (χ1v) is 14.2. The first-order valence-electron chi connectivity index (χ1n) is 14.2. The van der Waals surface area contributed by atoms with E-state index >= 15 is 0 Å². The third-order valence-corrected chi connectivity index (χ3v) is 6.98. The second-order valence-electron chi connectivity index (χ2n) is 10.2. The normalized spacial score (nSPS) is 21.9. The lowest BCUT2D eigenvalue weighted by atomic mass is 9.95. The molecule has 0 spiro atoms. The largest absolute Gasteiger partial charge is 0.463 e. The van der Waals surface area contributed by atoms with Crippen LogP contribution in [0.1, 0.15) is 23.6 Å². The molecule has 7 heteroatoms. The highest BCUT2D eigenvalue weighted by molar-refractivity contribution is 5.73. The lowest BCUT2D eigenvalue weighted by Crippen LogP contribution is -2.66. The van der Waals surface area contributed by atoms with Gasteiger partial charge in [-0.05, 0) is 28.8 Å². The molecule has 1 amide bonds. The van der Waals surface area contributed by atoms with Crippen LogP contribution < -0.4 is 10.1 Å². The van der Waals surface area contributed by atoms with E-state index in [2.05, 4.69) is 5.32 Å². The van der Waals surface area contributed by atoms with Gasteiger partial charge in [0, 0.05) is 6.92 Å². The van der Waals surface area contributed by atoms with Crippen molar-refractivity contribution in [3.05, 3.63) is 138 Å². The van der Waals surface area contributed by atoms with Crippen molar-refractivity contribution in [2.45, 2.75) is 57.4 Å². The van der Waals surface area contributed by atoms with Crippen LogP contribution >= 0.6 is 0 Å². The van der Waals surface area contributed by atoms with Crippen LogP contribution in [0.25, 0.3) is 0 Å². The van der Waals surface area contributed by atoms with Gasteiger partial charge in [0.15, 0.2) is 0 Å². The predicted octanol–water partition coefficient (Wildman–Crippen LogP) is 5.68. The molecule has 0 aromatic heterocycles. The molecule has 0 saturated carbocycles. The van der Waals surface area contributed by atoms with Gasteiger partial charge in [-0.1, -0.05) is 109 Å². The molecule has 1 aliphatic heterocycles. The number of rotatable bonds is 13. The van der Waals surface area contributed by atoms with Crippen molar-refractivity contribution in [1.82, 2.24) is 5.32 Å². The van der Waals surface area contributed by atoms with Gasteiger partial charge >= 0.3 is 0 Å². The van der Waals surface area contributed by atoms with E-state index in [1.54, 1.807) is 0 Å². The molecule has 5 atom stereocenters. The van der Waals surface area contributed by atoms with Crippen molar-refractivity contribution in [2.24, 2.45) is 0 Å². The molecular formula is C35H37NO6. The maximum Gasteiger partial charge on any atom is 0.223 e. The summed E-state index contributed by atoms with van der Waals surface area (Å²) in [7, 11) is 0. The standard InChI is InChI=1S/C35H37NO6/c1-26(37)36-32-34(40-24-29-18-10-4-11-19-29)33(39-23-28-16-8-3-9-17-28)31(25-38-22-27-14-6-2-7-15-27)42-35(32)41-30-20-12-5-13-21-30/h2-21,31-35H,22-25H2,1H3,(H,36,37)/t31-,32-,33-,34-,35+/m1/s1. The van der Waals surface area contributed by atoms with Crippen LogP contribution in [0, 0.1) is 0 Å². The Morgan fingerprint density at radius 2 is 1.14 bits per heavy atom. The molecule has 0 unspecified atom stereocenters. The zero-order valence-corrected chi connectivity index (χ0v) is 23.7. The van der Waals surface area contributed by atoms with Crippen LogP contribution in [0.15, 0.2) is 121 Å². The minimum Gasteiger partial charge on any atom is -0.463 e. The third-order valence-electron chi connectivity index (χ3n) is 6.98. The molecule has 1 fully saturated rings. The number of hydrogen-bond donors (Lipinski definition) is 1. The number of para-hydroxylation sites is 1. The van der Waals surface area contributed by atoms with Crippen LogP contribution in [-0.4, -0.2) is 43.2 Å². The monoisotopic (exact) mass is 567 g/mol. The minimum atomic E-state index is -0.848. The van der Waals surface area contributed by atoms with Crippen molar-refractivity contribution in [2.75, 3.05) is 6.61 Å². The van der Waals surface area contributed by atoms with Crippen molar-refractivity contribution < 1.29 is 28.5 Å². The van der Waals surface area contributed by atoms with Crippen molar-refractivity contribution in [3.8, 4) is 5.75 Å². The van der Waals surface area contributed by atoms with Crippen LogP contribution in [0.5, 0.6) is 5.75 Å². The average molecular weight is 568 g/mol. The van der Waals surface area contributed by atoms with Gasteiger partial charge in [0.05, 0.1) is 26.4 Å². The van der Waals surface area contributed by atoms with Crippen molar-refractivity contribution in [1.29, 1.82) is 0 Å². The lowest BCUT2D eigenvalue weighted by Gasteiger charge is -2.46. The number of nitrogens with one attached hydrogen (secondary N) is 1. The average Bonchev–Trinajstić information content (AvgIpc) is 3.02. The number of carbonyl (C=O) groups excluding carboxylic acids is 1. The molecule has 1 saturated heterocycles. The second-order valence-corrected chi connectivity index (χ2v) is 10.2. The maximum atomic E-state index is 12.5. The summed E-state index contributed by atoms with van der Waals surface area (Å²) in [6.45, 7) is 2.79. The molecule has 1 heterocycles. The van der Waals surface area contributed by atoms with E-state index in [0.717, 1.165) is 16.7 Å². The molecule has 4 aromatic carbocycles. The van der Waals surface area contributed by atoms with Crippen molar-refractivity contribution >= 4 is 5.91 Å². The van der Waals surface area contributed by atoms with E-state index in [1.165, 1.54) is 6.92 Å². The van der Waals surface area contributed by atoms with Crippen LogP contribution in [-0.2, 0) is 43.6 Å². The Bertz CT molecular complexity index is 1340. The summed E-state index contributed by atoms with van der Waals surface area (Å²) in [5.41, 5.74) is 3.08. The Balaban J connectivity index is 1.44. The molecular weight excluding hydrogens is 530 g/mol. The van der Waals surface area contributed by atoms with E-state index < -0.39 is 30.6 Å². The smallest absolute Gasteiger partial charge is 0.223 e. The van der Waals surface area contributed by atoms with Gasteiger partial charge in [-0.25, -0.2) is 0 Å². The number of ether oxygens (including phenoxy) is 5. The molecule has 1 aliphatic rings. The quantitative estimate of drug-likeness (QED) is 0.224. The number of benzene rings is 4. The highest BCUT2D eigenvalue weighted by Crippen LogP contribution is 2.30. The summed E-state index contributed by atoms with van der Waals surface area (Å²) in [6, 6.07) is 38.6. The molecule has 4 aromatic rings. The van der Waals surface area contributed by atoms with E-state index in [-0.39, 0.29) is 12.5 Å². The number of hydrogen-bond acceptors (Lipinski definition) is 6. The summed E-state index contributed by atoms with van der Waals surface area (Å²) >= 11 is 0. The van der Waals surface area contributed by atoms with Crippen LogP contribution in [0.4, 0.5) is 0 Å². The van der Waals surface area contributed by atoms with E-state index in [1.807, 2.05) is 121 Å². The summed E-state index contributed by atoms with van der Waals surface area (Å²) in [5, 5.41) is 3.03. The Morgan fingerprint density at radius 3 is 1.67 bits per heavy atom. The molecule has 0 radical (unpaired) electrons. The summed E-state index contributed by atoms with van der Waals surface area (Å²) < 4.78 is 32.2. The fourth-order valence-corrected chi connectivity index (χ4v) is 4.96. The Kier molecular flexibility index (Phi) is 10.7. The molecule has 0 aliphatic carbocycles. The highest BCUT2D eigenvalue weighted by atomic mass is 16.7. The van der Waals surface area contributed by atoms with E-state index in [0.29, 0.717) is 25.6 Å². The van der Waals surface area contributed by atoms with Gasteiger partial charge in [-0.15, -0.1) is 0 Å². The van der Waals surface area contributed by atoms with Gasteiger partial charge < -0.3 is 29.0 Å². The second kappa shape index (κ2) is 15.3. The lowest BCUT2D eigenvalue weighted by molar-refractivity contribution is -0.270. The fraction of sp³-hybridized carbons (Fsp3) is 0.286. The van der Waals surface area contributed by atoms with Gasteiger partial charge in [-0.3, -0.25) is 4.79 Å². The zero-order chi connectivity index (χ0) is 29.0. The van der Waals surface area contributed by atoms with Crippen molar-refractivity contribution in [3.63, 3.8) is 0 Å². The molecule has 1 N–H and O–H groups in total. The SMILES string of the molecule is CC(=O)N[C@H]1[C@@H](Oc2ccccc2)O[C@H](COCc2ccccc2)[C@@H](OCc2ccccc2)[C@@H]1OCc1ccccc1. The number of carbonyl (C=O) groups is 1. The number of amides is 1. The molecule has 7 nitrogen and oxygen atoms in total. The van der Waals surface area contributed by atoms with E-state index in [9.17, 15) is 4.79 Å². The Morgan fingerprint density at radius 1 is 0.667 bits per heavy atom. The molecule has 0 bridgehead atoms.